The van der Waals surface area contributed by atoms with Gasteiger partial charge in [0.15, 0.2) is 0 Å². The first-order valence-corrected chi connectivity index (χ1v) is 9.04. The number of para-hydroxylation sites is 1. The molecule has 4 aromatic rings. The van der Waals surface area contributed by atoms with Crippen LogP contribution in [0.15, 0.2) is 85.1 Å². The van der Waals surface area contributed by atoms with Crippen molar-refractivity contribution in [3.63, 3.8) is 0 Å². The Kier molecular flexibility index (Phi) is 4.99. The summed E-state index contributed by atoms with van der Waals surface area (Å²) in [6.07, 6.45) is 1.70. The number of phenols is 1. The van der Waals surface area contributed by atoms with Gasteiger partial charge in [0.2, 0.25) is 0 Å². The van der Waals surface area contributed by atoms with E-state index in [-0.39, 0.29) is 11.7 Å². The number of aromatic nitrogens is 2. The summed E-state index contributed by atoms with van der Waals surface area (Å²) in [6, 6.07) is 23.4. The number of benzene rings is 3. The zero-order valence-corrected chi connectivity index (χ0v) is 15.7. The Balaban J connectivity index is 1.78. The number of carbonyl (C=O) groups is 1. The Morgan fingerprint density at radius 1 is 1.00 bits per heavy atom. The number of nitrogens with one attached hydrogen (secondary N) is 1. The summed E-state index contributed by atoms with van der Waals surface area (Å²) in [6.45, 7) is 0. The van der Waals surface area contributed by atoms with Crippen molar-refractivity contribution in [3.8, 4) is 28.4 Å². The highest BCUT2D eigenvalue weighted by Gasteiger charge is 2.19. The molecule has 1 amide bonds. The molecule has 6 nitrogen and oxygen atoms in total. The van der Waals surface area contributed by atoms with Crippen LogP contribution in [0.4, 0.5) is 5.69 Å². The molecular weight excluding hydrogens is 366 g/mol. The molecular formula is C23H19N3O3. The van der Waals surface area contributed by atoms with Crippen LogP contribution in [0.2, 0.25) is 0 Å². The quantitative estimate of drug-likeness (QED) is 0.530. The summed E-state index contributed by atoms with van der Waals surface area (Å²) in [5.74, 6) is 0.433. The van der Waals surface area contributed by atoms with Crippen LogP contribution in [0.5, 0.6) is 11.5 Å². The summed E-state index contributed by atoms with van der Waals surface area (Å²) in [4.78, 5) is 13.0. The molecule has 0 aliphatic heterocycles. The monoisotopic (exact) mass is 385 g/mol. The number of methoxy groups -OCH3 is 1. The maximum absolute atomic E-state index is 13.0. The van der Waals surface area contributed by atoms with Crippen LogP contribution in [0.3, 0.4) is 0 Å². The van der Waals surface area contributed by atoms with Gasteiger partial charge in [0, 0.05) is 23.5 Å². The van der Waals surface area contributed by atoms with Crippen molar-refractivity contribution in [1.29, 1.82) is 0 Å². The second-order valence-electron chi connectivity index (χ2n) is 6.41. The van der Waals surface area contributed by atoms with Crippen molar-refractivity contribution < 1.29 is 14.6 Å². The van der Waals surface area contributed by atoms with Gasteiger partial charge in [-0.05, 0) is 36.4 Å². The van der Waals surface area contributed by atoms with E-state index in [2.05, 4.69) is 10.4 Å². The highest BCUT2D eigenvalue weighted by molar-refractivity contribution is 6.08. The number of phenolic OH excluding ortho intramolecular Hbond substituents is 1. The average Bonchev–Trinajstić information content (AvgIpc) is 3.20. The van der Waals surface area contributed by atoms with Crippen LogP contribution >= 0.6 is 0 Å². The molecule has 0 bridgehead atoms. The number of carbonyl (C=O) groups excluding carboxylic acids is 1. The van der Waals surface area contributed by atoms with Crippen molar-refractivity contribution in [2.24, 2.45) is 0 Å². The molecule has 0 saturated carbocycles. The third-order valence-corrected chi connectivity index (χ3v) is 4.43. The molecule has 29 heavy (non-hydrogen) atoms. The van der Waals surface area contributed by atoms with Crippen molar-refractivity contribution in [1.82, 2.24) is 9.78 Å². The molecule has 3 aromatic carbocycles. The minimum atomic E-state index is -0.324. The number of anilines is 1. The van der Waals surface area contributed by atoms with Gasteiger partial charge in [-0.25, -0.2) is 4.68 Å². The van der Waals surface area contributed by atoms with Crippen molar-refractivity contribution in [2.45, 2.75) is 0 Å². The Labute approximate surface area is 168 Å². The van der Waals surface area contributed by atoms with E-state index in [0.29, 0.717) is 22.7 Å². The Bertz CT molecular complexity index is 1150. The van der Waals surface area contributed by atoms with Crippen molar-refractivity contribution in [2.75, 3.05) is 12.4 Å². The third-order valence-electron chi connectivity index (χ3n) is 4.43. The summed E-state index contributed by atoms with van der Waals surface area (Å²) < 4.78 is 6.99. The summed E-state index contributed by atoms with van der Waals surface area (Å²) in [7, 11) is 1.59. The minimum Gasteiger partial charge on any atom is -0.508 e. The lowest BCUT2D eigenvalue weighted by Gasteiger charge is -2.07. The second kappa shape index (κ2) is 7.90. The SMILES string of the molecule is COc1cccc(-c2nn(-c3ccccc3)cc2C(=O)Nc2cccc(O)c2)c1. The lowest BCUT2D eigenvalue weighted by molar-refractivity contribution is 0.102. The average molecular weight is 385 g/mol. The zero-order chi connectivity index (χ0) is 20.2. The molecule has 2 N–H and O–H groups in total. The molecule has 0 radical (unpaired) electrons. The maximum atomic E-state index is 13.0. The Morgan fingerprint density at radius 3 is 2.55 bits per heavy atom. The van der Waals surface area contributed by atoms with Gasteiger partial charge < -0.3 is 15.2 Å². The summed E-state index contributed by atoms with van der Waals surface area (Å²) in [5.41, 5.74) is 3.04. The Hall–Kier alpha value is -4.06. The van der Waals surface area contributed by atoms with Crippen molar-refractivity contribution >= 4 is 11.6 Å². The number of nitrogens with zero attached hydrogens (tertiary/aromatic N) is 2. The zero-order valence-electron chi connectivity index (χ0n) is 15.7. The predicted molar refractivity (Wildman–Crippen MR) is 112 cm³/mol. The molecule has 4 rings (SSSR count). The standard InChI is InChI=1S/C23H19N3O3/c1-29-20-12-5-7-16(13-20)22-21(15-26(25-22)18-9-3-2-4-10-18)23(28)24-17-8-6-11-19(27)14-17/h2-15,27H,1H3,(H,24,28). The molecule has 0 aliphatic rings. The fourth-order valence-electron chi connectivity index (χ4n) is 3.02. The lowest BCUT2D eigenvalue weighted by atomic mass is 10.1. The number of hydrogen-bond donors (Lipinski definition) is 2. The van der Waals surface area contributed by atoms with Gasteiger partial charge in [0.05, 0.1) is 18.4 Å². The largest absolute Gasteiger partial charge is 0.508 e. The summed E-state index contributed by atoms with van der Waals surface area (Å²) >= 11 is 0. The smallest absolute Gasteiger partial charge is 0.259 e. The first-order chi connectivity index (χ1) is 14.1. The second-order valence-corrected chi connectivity index (χ2v) is 6.41. The van der Waals surface area contributed by atoms with E-state index >= 15 is 0 Å². The fourth-order valence-corrected chi connectivity index (χ4v) is 3.02. The van der Waals surface area contributed by atoms with Gasteiger partial charge in [0.1, 0.15) is 17.2 Å². The number of ether oxygens (including phenoxy) is 1. The highest BCUT2D eigenvalue weighted by Crippen LogP contribution is 2.28. The maximum Gasteiger partial charge on any atom is 0.259 e. The van der Waals surface area contributed by atoms with Crippen LogP contribution in [0, 0.1) is 0 Å². The van der Waals surface area contributed by atoms with Crippen LogP contribution in [-0.2, 0) is 0 Å². The predicted octanol–water partition coefficient (Wildman–Crippen LogP) is 4.51. The fraction of sp³-hybridized carbons (Fsp3) is 0.0435. The van der Waals surface area contributed by atoms with Crippen LogP contribution in [0.25, 0.3) is 16.9 Å². The van der Waals surface area contributed by atoms with Crippen LogP contribution < -0.4 is 10.1 Å². The van der Waals surface area contributed by atoms with E-state index < -0.39 is 0 Å². The number of amides is 1. The van der Waals surface area contributed by atoms with E-state index in [1.54, 1.807) is 36.2 Å². The molecule has 0 fully saturated rings. The first kappa shape index (κ1) is 18.3. The number of hydrogen-bond acceptors (Lipinski definition) is 4. The molecule has 0 aliphatic carbocycles. The lowest BCUT2D eigenvalue weighted by Crippen LogP contribution is -2.12. The van der Waals surface area contributed by atoms with Crippen LogP contribution in [0.1, 0.15) is 10.4 Å². The van der Waals surface area contributed by atoms with E-state index in [4.69, 9.17) is 4.74 Å². The topological polar surface area (TPSA) is 76.4 Å². The molecule has 1 heterocycles. The minimum absolute atomic E-state index is 0.0794. The molecule has 0 atom stereocenters. The molecule has 0 saturated heterocycles. The van der Waals surface area contributed by atoms with Gasteiger partial charge in [-0.3, -0.25) is 4.79 Å². The van der Waals surface area contributed by atoms with Gasteiger partial charge >= 0.3 is 0 Å². The van der Waals surface area contributed by atoms with Gasteiger partial charge in [0.25, 0.3) is 5.91 Å². The van der Waals surface area contributed by atoms with Gasteiger partial charge in [-0.15, -0.1) is 0 Å². The molecule has 6 heteroatoms. The highest BCUT2D eigenvalue weighted by atomic mass is 16.5. The van der Waals surface area contributed by atoms with E-state index in [1.807, 2.05) is 54.6 Å². The first-order valence-electron chi connectivity index (χ1n) is 9.04. The van der Waals surface area contributed by atoms with Crippen molar-refractivity contribution in [3.05, 3.63) is 90.6 Å². The van der Waals surface area contributed by atoms with E-state index in [1.165, 1.54) is 6.07 Å². The Morgan fingerprint density at radius 2 is 1.79 bits per heavy atom. The number of rotatable bonds is 5. The number of aromatic hydroxyl groups is 1. The molecule has 1 aromatic heterocycles. The summed E-state index contributed by atoms with van der Waals surface area (Å²) in [5, 5.41) is 17.1. The molecule has 0 unspecified atom stereocenters. The molecule has 144 valence electrons. The van der Waals surface area contributed by atoms with E-state index in [9.17, 15) is 9.90 Å². The molecule has 0 spiro atoms. The normalized spacial score (nSPS) is 10.5. The van der Waals surface area contributed by atoms with Gasteiger partial charge in [-0.1, -0.05) is 36.4 Å². The third kappa shape index (κ3) is 3.96. The van der Waals surface area contributed by atoms with Gasteiger partial charge in [-0.2, -0.15) is 5.10 Å². The van der Waals surface area contributed by atoms with E-state index in [0.717, 1.165) is 11.3 Å². The van der Waals surface area contributed by atoms with Crippen LogP contribution in [-0.4, -0.2) is 27.9 Å².